The fraction of sp³-hybridized carbons (Fsp3) is 0.400. The van der Waals surface area contributed by atoms with Crippen molar-refractivity contribution in [3.05, 3.63) is 58.2 Å². The van der Waals surface area contributed by atoms with Crippen LogP contribution in [0.25, 0.3) is 0 Å². The van der Waals surface area contributed by atoms with E-state index in [-0.39, 0.29) is 12.0 Å². The van der Waals surface area contributed by atoms with Gasteiger partial charge in [0.1, 0.15) is 5.41 Å². The molecule has 1 atom stereocenters. The van der Waals surface area contributed by atoms with Crippen molar-refractivity contribution in [2.24, 2.45) is 0 Å². The van der Waals surface area contributed by atoms with Crippen LogP contribution in [0.5, 0.6) is 0 Å². The number of aryl methyl sites for hydroxylation is 1. The van der Waals surface area contributed by atoms with Crippen LogP contribution in [-0.2, 0) is 32.8 Å². The molecule has 2 N–H and O–H groups in total. The molecule has 0 aliphatic heterocycles. The summed E-state index contributed by atoms with van der Waals surface area (Å²) in [7, 11) is 0. The van der Waals surface area contributed by atoms with E-state index in [1.54, 1.807) is 25.1 Å². The van der Waals surface area contributed by atoms with Gasteiger partial charge in [0, 0.05) is 18.6 Å². The molecular formula is C20H24O5. The zero-order chi connectivity index (χ0) is 18.6. The largest absolute Gasteiger partial charge is 0.480 e. The van der Waals surface area contributed by atoms with Gasteiger partial charge < -0.3 is 14.9 Å². The first-order valence-corrected chi connectivity index (χ1v) is 8.42. The molecule has 2 rings (SSSR count). The average molecular weight is 344 g/mol. The minimum atomic E-state index is -1.40. The van der Waals surface area contributed by atoms with Crippen LogP contribution in [0, 0.1) is 0 Å². The van der Waals surface area contributed by atoms with Crippen molar-refractivity contribution in [2.75, 3.05) is 6.61 Å². The quantitative estimate of drug-likeness (QED) is 0.791. The van der Waals surface area contributed by atoms with E-state index in [4.69, 9.17) is 4.74 Å². The Kier molecular flexibility index (Phi) is 5.80. The summed E-state index contributed by atoms with van der Waals surface area (Å²) in [4.78, 5) is 23.8. The Morgan fingerprint density at radius 1 is 1.24 bits per heavy atom. The third-order valence-electron chi connectivity index (χ3n) is 4.77. The van der Waals surface area contributed by atoms with Gasteiger partial charge in [0.25, 0.3) is 0 Å². The minimum absolute atomic E-state index is 0.0771. The number of carbonyl (C=O) groups is 2. The summed E-state index contributed by atoms with van der Waals surface area (Å²) in [5, 5.41) is 19.5. The first-order valence-electron chi connectivity index (χ1n) is 8.42. The van der Waals surface area contributed by atoms with E-state index >= 15 is 0 Å². The molecule has 1 aliphatic rings. The molecule has 1 aromatic rings. The highest BCUT2D eigenvalue weighted by atomic mass is 16.5. The minimum Gasteiger partial charge on any atom is -0.480 e. The maximum Gasteiger partial charge on any atom is 0.331 e. The Bertz CT molecular complexity index is 744. The maximum absolute atomic E-state index is 12.3. The molecular weight excluding hydrogens is 320 g/mol. The number of hydrogen-bond acceptors (Lipinski definition) is 3. The Balaban J connectivity index is 2.66. The van der Waals surface area contributed by atoms with E-state index < -0.39 is 17.4 Å². The summed E-state index contributed by atoms with van der Waals surface area (Å²) in [5.74, 6) is -2.13. The van der Waals surface area contributed by atoms with E-state index in [0.717, 1.165) is 17.5 Å². The molecule has 0 heterocycles. The number of benzene rings is 1. The van der Waals surface area contributed by atoms with E-state index in [1.807, 2.05) is 26.0 Å². The van der Waals surface area contributed by atoms with Gasteiger partial charge in [-0.1, -0.05) is 37.3 Å². The second kappa shape index (κ2) is 7.66. The van der Waals surface area contributed by atoms with Crippen LogP contribution < -0.4 is 0 Å². The Hall–Kier alpha value is -2.40. The molecule has 1 aliphatic carbocycles. The van der Waals surface area contributed by atoms with Gasteiger partial charge in [0.2, 0.25) is 0 Å². The molecule has 0 radical (unpaired) electrons. The van der Waals surface area contributed by atoms with Crippen molar-refractivity contribution < 1.29 is 24.5 Å². The van der Waals surface area contributed by atoms with Gasteiger partial charge in [-0.3, -0.25) is 4.79 Å². The summed E-state index contributed by atoms with van der Waals surface area (Å²) in [5.41, 5.74) is 1.78. The lowest BCUT2D eigenvalue weighted by molar-refractivity contribution is -0.142. The first kappa shape index (κ1) is 18.9. The standard InChI is InChI=1S/C20H24O5/c1-4-14-7-6-8-17(16(14)12-25-5-2)20(19(23)24)10-9-13(3)15(11-20)18(21)22/h6-10H,4-5,11-12H2,1-3H3,(H,21,22)(H,23,24). The number of ether oxygens (including phenoxy) is 1. The second-order valence-electron chi connectivity index (χ2n) is 6.19. The Morgan fingerprint density at radius 2 is 1.96 bits per heavy atom. The summed E-state index contributed by atoms with van der Waals surface area (Å²) in [6, 6.07) is 5.55. The third kappa shape index (κ3) is 3.51. The number of carboxylic acid groups (broad SMARTS) is 2. The van der Waals surface area contributed by atoms with Crippen LogP contribution in [0.4, 0.5) is 0 Å². The van der Waals surface area contributed by atoms with Crippen LogP contribution in [0.15, 0.2) is 41.5 Å². The van der Waals surface area contributed by atoms with Crippen molar-refractivity contribution in [3.63, 3.8) is 0 Å². The molecule has 0 bridgehead atoms. The number of allylic oxidation sites excluding steroid dienone is 2. The summed E-state index contributed by atoms with van der Waals surface area (Å²) < 4.78 is 5.57. The predicted octanol–water partition coefficient (Wildman–Crippen LogP) is 3.47. The molecule has 0 aromatic heterocycles. The van der Waals surface area contributed by atoms with Crippen molar-refractivity contribution in [1.82, 2.24) is 0 Å². The SMILES string of the molecule is CCOCc1c(CC)cccc1C1(C(=O)O)C=CC(C)=C(C(=O)O)C1. The molecule has 0 amide bonds. The summed E-state index contributed by atoms with van der Waals surface area (Å²) in [6.07, 6.45) is 3.88. The number of rotatable bonds is 7. The summed E-state index contributed by atoms with van der Waals surface area (Å²) in [6.45, 7) is 6.41. The number of carboxylic acids is 2. The Morgan fingerprint density at radius 3 is 2.52 bits per heavy atom. The van der Waals surface area contributed by atoms with Crippen molar-refractivity contribution in [1.29, 1.82) is 0 Å². The van der Waals surface area contributed by atoms with Crippen molar-refractivity contribution in [3.8, 4) is 0 Å². The van der Waals surface area contributed by atoms with E-state index in [2.05, 4.69) is 0 Å². The lowest BCUT2D eigenvalue weighted by Crippen LogP contribution is -2.38. The highest BCUT2D eigenvalue weighted by molar-refractivity contribution is 5.94. The number of hydrogen-bond donors (Lipinski definition) is 2. The first-order chi connectivity index (χ1) is 11.9. The smallest absolute Gasteiger partial charge is 0.331 e. The topological polar surface area (TPSA) is 83.8 Å². The zero-order valence-corrected chi connectivity index (χ0v) is 14.8. The van der Waals surface area contributed by atoms with Crippen LogP contribution in [0.1, 0.15) is 43.9 Å². The zero-order valence-electron chi connectivity index (χ0n) is 14.8. The molecule has 1 aromatic carbocycles. The van der Waals surface area contributed by atoms with E-state index in [9.17, 15) is 19.8 Å². The molecule has 0 spiro atoms. The highest BCUT2D eigenvalue weighted by Gasteiger charge is 2.43. The van der Waals surface area contributed by atoms with Crippen molar-refractivity contribution in [2.45, 2.75) is 45.6 Å². The van der Waals surface area contributed by atoms with Gasteiger partial charge in [-0.05, 0) is 42.5 Å². The Labute approximate surface area is 147 Å². The van der Waals surface area contributed by atoms with Gasteiger partial charge in [-0.25, -0.2) is 4.79 Å². The number of aliphatic carboxylic acids is 2. The fourth-order valence-electron chi connectivity index (χ4n) is 3.29. The van der Waals surface area contributed by atoms with Gasteiger partial charge in [0.15, 0.2) is 0 Å². The van der Waals surface area contributed by atoms with Gasteiger partial charge in [-0.2, -0.15) is 0 Å². The lowest BCUT2D eigenvalue weighted by atomic mass is 9.69. The van der Waals surface area contributed by atoms with Gasteiger partial charge >= 0.3 is 11.9 Å². The second-order valence-corrected chi connectivity index (χ2v) is 6.19. The van der Waals surface area contributed by atoms with Crippen LogP contribution in [-0.4, -0.2) is 28.8 Å². The molecule has 0 saturated heterocycles. The maximum atomic E-state index is 12.3. The van der Waals surface area contributed by atoms with Crippen LogP contribution in [0.2, 0.25) is 0 Å². The molecule has 1 unspecified atom stereocenters. The molecule has 25 heavy (non-hydrogen) atoms. The molecule has 5 heteroatoms. The predicted molar refractivity (Wildman–Crippen MR) is 94.6 cm³/mol. The molecule has 5 nitrogen and oxygen atoms in total. The molecule has 0 saturated carbocycles. The summed E-state index contributed by atoms with van der Waals surface area (Å²) >= 11 is 0. The monoisotopic (exact) mass is 344 g/mol. The van der Waals surface area contributed by atoms with E-state index in [0.29, 0.717) is 24.4 Å². The molecule has 0 fully saturated rings. The molecule has 134 valence electrons. The van der Waals surface area contributed by atoms with Gasteiger partial charge in [0.05, 0.1) is 6.61 Å². The normalized spacial score (nSPS) is 20.0. The van der Waals surface area contributed by atoms with Gasteiger partial charge in [-0.15, -0.1) is 0 Å². The van der Waals surface area contributed by atoms with Crippen LogP contribution in [0.3, 0.4) is 0 Å². The fourth-order valence-corrected chi connectivity index (χ4v) is 3.29. The third-order valence-corrected chi connectivity index (χ3v) is 4.77. The van der Waals surface area contributed by atoms with Crippen LogP contribution >= 0.6 is 0 Å². The highest BCUT2D eigenvalue weighted by Crippen LogP contribution is 2.40. The lowest BCUT2D eigenvalue weighted by Gasteiger charge is -2.33. The van der Waals surface area contributed by atoms with Crippen molar-refractivity contribution >= 4 is 11.9 Å². The van der Waals surface area contributed by atoms with E-state index in [1.165, 1.54) is 0 Å². The average Bonchev–Trinajstić information content (AvgIpc) is 2.59.